The van der Waals surface area contributed by atoms with Crippen LogP contribution in [0.4, 0.5) is 0 Å². The van der Waals surface area contributed by atoms with Gasteiger partial charge in [-0.15, -0.1) is 11.6 Å². The number of aromatic amines is 1. The van der Waals surface area contributed by atoms with Crippen LogP contribution in [0, 0.1) is 0 Å². The third-order valence-corrected chi connectivity index (χ3v) is 3.21. The van der Waals surface area contributed by atoms with Crippen molar-refractivity contribution in [3.8, 4) is 11.3 Å². The number of nitrogens with one attached hydrogen (secondary N) is 1. The van der Waals surface area contributed by atoms with Crippen molar-refractivity contribution >= 4 is 11.6 Å². The van der Waals surface area contributed by atoms with Crippen LogP contribution in [0.15, 0.2) is 23.0 Å². The molecule has 84 valence electrons. The highest BCUT2D eigenvalue weighted by Crippen LogP contribution is 2.42. The van der Waals surface area contributed by atoms with Gasteiger partial charge in [-0.3, -0.25) is 5.10 Å². The minimum absolute atomic E-state index is 0.629. The summed E-state index contributed by atoms with van der Waals surface area (Å²) in [5.41, 5.74) is 4.57. The number of H-pyrrole nitrogens is 1. The summed E-state index contributed by atoms with van der Waals surface area (Å²) in [4.78, 5) is 0. The van der Waals surface area contributed by atoms with Gasteiger partial charge in [-0.25, -0.2) is 0 Å². The van der Waals surface area contributed by atoms with E-state index in [9.17, 15) is 0 Å². The first-order valence-electron chi connectivity index (χ1n) is 5.56. The Morgan fingerprint density at radius 1 is 1.50 bits per heavy atom. The van der Waals surface area contributed by atoms with Crippen LogP contribution in [0.25, 0.3) is 11.3 Å². The van der Waals surface area contributed by atoms with Gasteiger partial charge in [0.15, 0.2) is 0 Å². The summed E-state index contributed by atoms with van der Waals surface area (Å²) in [5, 5.41) is 7.55. The molecule has 0 radical (unpaired) electrons. The Morgan fingerprint density at radius 2 is 2.38 bits per heavy atom. The van der Waals surface area contributed by atoms with Crippen LogP contribution >= 0.6 is 11.6 Å². The highest BCUT2D eigenvalue weighted by atomic mass is 35.5. The predicted molar refractivity (Wildman–Crippen MR) is 62.7 cm³/mol. The normalized spacial score (nSPS) is 15.6. The Morgan fingerprint density at radius 3 is 3.00 bits per heavy atom. The minimum atomic E-state index is 0.629. The van der Waals surface area contributed by atoms with E-state index >= 15 is 0 Å². The van der Waals surface area contributed by atoms with Crippen molar-refractivity contribution in [2.75, 3.05) is 5.88 Å². The van der Waals surface area contributed by atoms with E-state index in [-0.39, 0.29) is 0 Å². The second-order valence-electron chi connectivity index (χ2n) is 4.19. The molecule has 0 saturated heterocycles. The first kappa shape index (κ1) is 9.97. The fourth-order valence-electron chi connectivity index (χ4n) is 2.07. The minimum Gasteiger partial charge on any atom is -0.472 e. The van der Waals surface area contributed by atoms with Gasteiger partial charge in [-0.05, 0) is 25.3 Å². The molecule has 3 rings (SSSR count). The van der Waals surface area contributed by atoms with Crippen LogP contribution in [-0.2, 0) is 6.42 Å². The van der Waals surface area contributed by atoms with Gasteiger partial charge in [-0.2, -0.15) is 5.10 Å². The summed E-state index contributed by atoms with van der Waals surface area (Å²) in [6, 6.07) is 1.94. The fourth-order valence-corrected chi connectivity index (χ4v) is 2.26. The first-order chi connectivity index (χ1) is 7.90. The van der Waals surface area contributed by atoms with Crippen molar-refractivity contribution in [2.24, 2.45) is 0 Å². The first-order valence-corrected chi connectivity index (χ1v) is 6.09. The highest BCUT2D eigenvalue weighted by molar-refractivity contribution is 6.18. The summed E-state index contributed by atoms with van der Waals surface area (Å²) >= 11 is 5.86. The molecule has 0 unspecified atom stereocenters. The number of hydrogen-bond acceptors (Lipinski definition) is 2. The second kappa shape index (κ2) is 3.98. The Kier molecular flexibility index (Phi) is 2.48. The predicted octanol–water partition coefficient (Wildman–Crippen LogP) is 3.33. The van der Waals surface area contributed by atoms with Gasteiger partial charge in [0, 0.05) is 28.6 Å². The lowest BCUT2D eigenvalue weighted by Crippen LogP contribution is -1.92. The molecule has 1 fully saturated rings. The molecule has 0 atom stereocenters. The molecule has 1 aliphatic carbocycles. The Hall–Kier alpha value is -1.22. The molecule has 1 saturated carbocycles. The van der Waals surface area contributed by atoms with Crippen LogP contribution in [0.2, 0.25) is 0 Å². The number of nitrogens with zero attached hydrogens (tertiary/aromatic N) is 1. The smallest absolute Gasteiger partial charge is 0.0997 e. The Bertz CT molecular complexity index is 471. The molecular weight excluding hydrogens is 224 g/mol. The van der Waals surface area contributed by atoms with Gasteiger partial charge in [0.05, 0.1) is 18.2 Å². The molecule has 0 aromatic carbocycles. The van der Waals surface area contributed by atoms with Gasteiger partial charge in [-0.1, -0.05) is 0 Å². The molecule has 1 aliphatic rings. The van der Waals surface area contributed by atoms with Crippen molar-refractivity contribution in [3.05, 3.63) is 29.9 Å². The van der Waals surface area contributed by atoms with E-state index in [2.05, 4.69) is 10.2 Å². The zero-order valence-electron chi connectivity index (χ0n) is 8.87. The summed E-state index contributed by atoms with van der Waals surface area (Å²) in [5.74, 6) is 1.30. The standard InChI is InChI=1S/C12H13ClN2O/c13-5-3-10-11(8-1-2-8)14-15-12(10)9-4-6-16-7-9/h4,6-8H,1-3,5H2,(H,14,15). The molecular formula is C12H13ClN2O. The summed E-state index contributed by atoms with van der Waals surface area (Å²) < 4.78 is 5.10. The molecule has 3 nitrogen and oxygen atoms in total. The third kappa shape index (κ3) is 1.65. The van der Waals surface area contributed by atoms with Crippen LogP contribution < -0.4 is 0 Å². The maximum atomic E-state index is 5.86. The fraction of sp³-hybridized carbons (Fsp3) is 0.417. The quantitative estimate of drug-likeness (QED) is 0.828. The lowest BCUT2D eigenvalue weighted by atomic mass is 10.0. The third-order valence-electron chi connectivity index (χ3n) is 3.02. The average molecular weight is 237 g/mol. The molecule has 4 heteroatoms. The van der Waals surface area contributed by atoms with E-state index in [1.165, 1.54) is 24.1 Å². The van der Waals surface area contributed by atoms with Crippen molar-refractivity contribution < 1.29 is 4.42 Å². The molecule has 0 spiro atoms. The molecule has 0 bridgehead atoms. The lowest BCUT2D eigenvalue weighted by Gasteiger charge is -2.01. The number of furan rings is 1. The lowest BCUT2D eigenvalue weighted by molar-refractivity contribution is 0.568. The van der Waals surface area contributed by atoms with E-state index in [1.807, 2.05) is 6.07 Å². The van der Waals surface area contributed by atoms with Crippen LogP contribution in [0.1, 0.15) is 30.0 Å². The monoisotopic (exact) mass is 236 g/mol. The molecule has 2 aromatic heterocycles. The summed E-state index contributed by atoms with van der Waals surface area (Å²) in [7, 11) is 0. The largest absolute Gasteiger partial charge is 0.472 e. The Labute approximate surface area is 98.8 Å². The van der Waals surface area contributed by atoms with Crippen LogP contribution in [0.5, 0.6) is 0 Å². The number of aromatic nitrogens is 2. The molecule has 16 heavy (non-hydrogen) atoms. The second-order valence-corrected chi connectivity index (χ2v) is 4.57. The van der Waals surface area contributed by atoms with Crippen molar-refractivity contribution in [1.82, 2.24) is 10.2 Å². The van der Waals surface area contributed by atoms with E-state index in [0.717, 1.165) is 17.7 Å². The molecule has 0 amide bonds. The van der Waals surface area contributed by atoms with Gasteiger partial charge < -0.3 is 4.42 Å². The van der Waals surface area contributed by atoms with E-state index in [4.69, 9.17) is 16.0 Å². The van der Waals surface area contributed by atoms with Crippen LogP contribution in [0.3, 0.4) is 0 Å². The van der Waals surface area contributed by atoms with Crippen molar-refractivity contribution in [3.63, 3.8) is 0 Å². The average Bonchev–Trinajstić information content (AvgIpc) is 2.84. The molecule has 1 N–H and O–H groups in total. The number of rotatable bonds is 4. The number of hydrogen-bond donors (Lipinski definition) is 1. The maximum Gasteiger partial charge on any atom is 0.0997 e. The van der Waals surface area contributed by atoms with E-state index < -0.39 is 0 Å². The Balaban J connectivity index is 2.03. The van der Waals surface area contributed by atoms with Gasteiger partial charge >= 0.3 is 0 Å². The zero-order chi connectivity index (χ0) is 11.0. The molecule has 2 aromatic rings. The summed E-state index contributed by atoms with van der Waals surface area (Å²) in [6.07, 6.45) is 6.80. The van der Waals surface area contributed by atoms with Crippen molar-refractivity contribution in [1.29, 1.82) is 0 Å². The van der Waals surface area contributed by atoms with Crippen LogP contribution in [-0.4, -0.2) is 16.1 Å². The van der Waals surface area contributed by atoms with E-state index in [1.54, 1.807) is 12.5 Å². The van der Waals surface area contributed by atoms with Gasteiger partial charge in [0.1, 0.15) is 0 Å². The SMILES string of the molecule is ClCCc1c(-c2ccoc2)n[nH]c1C1CC1. The highest BCUT2D eigenvalue weighted by Gasteiger charge is 2.29. The van der Waals surface area contributed by atoms with Gasteiger partial charge in [0.25, 0.3) is 0 Å². The van der Waals surface area contributed by atoms with E-state index in [0.29, 0.717) is 11.8 Å². The summed E-state index contributed by atoms with van der Waals surface area (Å²) in [6.45, 7) is 0. The van der Waals surface area contributed by atoms with Gasteiger partial charge in [0.2, 0.25) is 0 Å². The maximum absolute atomic E-state index is 5.86. The number of alkyl halides is 1. The zero-order valence-corrected chi connectivity index (χ0v) is 9.63. The van der Waals surface area contributed by atoms with Crippen molar-refractivity contribution in [2.45, 2.75) is 25.2 Å². The molecule has 2 heterocycles. The number of halogens is 1. The topological polar surface area (TPSA) is 41.8 Å². The molecule has 0 aliphatic heterocycles.